The molecule has 1 aromatic heterocycles. The van der Waals surface area contributed by atoms with Crippen LogP contribution in [0.1, 0.15) is 6.92 Å². The molecular weight excluding hydrogens is 304 g/mol. The highest BCUT2D eigenvalue weighted by Gasteiger charge is 2.18. The number of aryl methyl sites for hydroxylation is 1. The number of methoxy groups -OCH3 is 1. The first-order valence-corrected chi connectivity index (χ1v) is 8.14. The molecule has 3 rings (SSSR count). The molecule has 0 spiro atoms. The van der Waals surface area contributed by atoms with Gasteiger partial charge in [-0.15, -0.1) is 0 Å². The summed E-state index contributed by atoms with van der Waals surface area (Å²) in [5, 5.41) is 10.4. The fraction of sp³-hybridized carbons (Fsp3) is 0.316. The van der Waals surface area contributed by atoms with E-state index in [2.05, 4.69) is 28.2 Å². The molecule has 5 heteroatoms. The SMILES string of the molecule is CCn1c[n+](C[C@H](O)COc2ccccc2OC)c2ccccc21. The lowest BCUT2D eigenvalue weighted by atomic mass is 10.3. The van der Waals surface area contributed by atoms with Crippen LogP contribution in [0, 0.1) is 0 Å². The zero-order chi connectivity index (χ0) is 16.9. The van der Waals surface area contributed by atoms with E-state index in [0.29, 0.717) is 18.0 Å². The molecule has 0 aliphatic carbocycles. The van der Waals surface area contributed by atoms with E-state index in [-0.39, 0.29) is 6.61 Å². The molecule has 126 valence electrons. The van der Waals surface area contributed by atoms with E-state index >= 15 is 0 Å². The summed E-state index contributed by atoms with van der Waals surface area (Å²) in [4.78, 5) is 0. The van der Waals surface area contributed by atoms with E-state index in [0.717, 1.165) is 17.6 Å². The summed E-state index contributed by atoms with van der Waals surface area (Å²) >= 11 is 0. The number of rotatable bonds is 7. The third-order valence-corrected chi connectivity index (χ3v) is 4.03. The second-order valence-corrected chi connectivity index (χ2v) is 5.66. The van der Waals surface area contributed by atoms with E-state index < -0.39 is 6.10 Å². The molecule has 1 heterocycles. The minimum Gasteiger partial charge on any atom is -0.493 e. The van der Waals surface area contributed by atoms with Gasteiger partial charge in [-0.3, -0.25) is 0 Å². The summed E-state index contributed by atoms with van der Waals surface area (Å²) in [6.07, 6.45) is 1.42. The number of hydrogen-bond acceptors (Lipinski definition) is 3. The lowest BCUT2D eigenvalue weighted by Gasteiger charge is -2.13. The maximum absolute atomic E-state index is 10.4. The van der Waals surface area contributed by atoms with Crippen LogP contribution in [0.3, 0.4) is 0 Å². The predicted molar refractivity (Wildman–Crippen MR) is 92.3 cm³/mol. The van der Waals surface area contributed by atoms with Crippen molar-refractivity contribution in [2.24, 2.45) is 0 Å². The van der Waals surface area contributed by atoms with Gasteiger partial charge in [-0.2, -0.15) is 0 Å². The van der Waals surface area contributed by atoms with Crippen molar-refractivity contribution in [3.05, 3.63) is 54.9 Å². The Hall–Kier alpha value is -2.53. The normalized spacial score (nSPS) is 12.3. The lowest BCUT2D eigenvalue weighted by Crippen LogP contribution is -2.41. The van der Waals surface area contributed by atoms with Crippen LogP contribution in [-0.2, 0) is 13.1 Å². The minimum absolute atomic E-state index is 0.207. The number of nitrogens with zero attached hydrogens (tertiary/aromatic N) is 2. The van der Waals surface area contributed by atoms with Crippen molar-refractivity contribution in [1.29, 1.82) is 0 Å². The molecule has 3 aromatic rings. The third-order valence-electron chi connectivity index (χ3n) is 4.03. The maximum Gasteiger partial charge on any atom is 0.244 e. The van der Waals surface area contributed by atoms with Crippen molar-refractivity contribution in [1.82, 2.24) is 4.57 Å². The molecular formula is C19H23N2O3+. The average Bonchev–Trinajstić information content (AvgIpc) is 2.98. The Morgan fingerprint density at radius 1 is 1.08 bits per heavy atom. The molecule has 24 heavy (non-hydrogen) atoms. The molecule has 2 aromatic carbocycles. The van der Waals surface area contributed by atoms with E-state index in [9.17, 15) is 5.11 Å². The Kier molecular flexibility index (Phi) is 5.01. The van der Waals surface area contributed by atoms with Gasteiger partial charge in [0.1, 0.15) is 19.3 Å². The molecule has 0 saturated carbocycles. The van der Waals surface area contributed by atoms with Crippen molar-refractivity contribution in [3.8, 4) is 11.5 Å². The zero-order valence-corrected chi connectivity index (χ0v) is 14.1. The molecule has 0 aliphatic rings. The number of aliphatic hydroxyl groups is 1. The molecule has 1 N–H and O–H groups in total. The van der Waals surface area contributed by atoms with E-state index in [4.69, 9.17) is 9.47 Å². The summed E-state index contributed by atoms with van der Waals surface area (Å²) < 4.78 is 15.2. The Bertz CT molecular complexity index is 813. The molecule has 0 saturated heterocycles. The van der Waals surface area contributed by atoms with Crippen molar-refractivity contribution in [2.45, 2.75) is 26.1 Å². The average molecular weight is 327 g/mol. The predicted octanol–water partition coefficient (Wildman–Crippen LogP) is 2.40. The largest absolute Gasteiger partial charge is 0.493 e. The molecule has 0 amide bonds. The molecule has 5 nitrogen and oxygen atoms in total. The Morgan fingerprint density at radius 3 is 2.54 bits per heavy atom. The van der Waals surface area contributed by atoms with E-state index in [1.807, 2.05) is 42.7 Å². The van der Waals surface area contributed by atoms with Gasteiger partial charge in [0.15, 0.2) is 22.5 Å². The summed E-state index contributed by atoms with van der Waals surface area (Å²) in [7, 11) is 1.61. The first kappa shape index (κ1) is 16.3. The van der Waals surface area contributed by atoms with E-state index in [1.165, 1.54) is 0 Å². The summed E-state index contributed by atoms with van der Waals surface area (Å²) in [6.45, 7) is 3.68. The molecule has 0 unspecified atom stereocenters. The van der Waals surface area contributed by atoms with Crippen molar-refractivity contribution >= 4 is 11.0 Å². The van der Waals surface area contributed by atoms with Gasteiger partial charge in [0, 0.05) is 0 Å². The number of benzene rings is 2. The van der Waals surface area contributed by atoms with Crippen LogP contribution in [0.5, 0.6) is 11.5 Å². The van der Waals surface area contributed by atoms with E-state index in [1.54, 1.807) is 7.11 Å². The summed E-state index contributed by atoms with van der Waals surface area (Å²) in [6, 6.07) is 15.6. The quantitative estimate of drug-likeness (QED) is 0.678. The first-order chi connectivity index (χ1) is 11.7. The minimum atomic E-state index is -0.615. The lowest BCUT2D eigenvalue weighted by molar-refractivity contribution is -0.679. The fourth-order valence-electron chi connectivity index (χ4n) is 2.84. The third kappa shape index (κ3) is 3.36. The van der Waals surface area contributed by atoms with Gasteiger partial charge >= 0.3 is 0 Å². The van der Waals surface area contributed by atoms with Crippen LogP contribution in [0.2, 0.25) is 0 Å². The summed E-state index contributed by atoms with van der Waals surface area (Å²) in [5.41, 5.74) is 2.27. The van der Waals surface area contributed by atoms with Crippen LogP contribution in [-0.4, -0.2) is 29.5 Å². The number of fused-ring (bicyclic) bond motifs is 1. The number of aromatic nitrogens is 2. The Balaban J connectivity index is 1.70. The van der Waals surface area contributed by atoms with Crippen LogP contribution in [0.4, 0.5) is 0 Å². The van der Waals surface area contributed by atoms with Crippen LogP contribution >= 0.6 is 0 Å². The smallest absolute Gasteiger partial charge is 0.244 e. The van der Waals surface area contributed by atoms with Crippen LogP contribution in [0.25, 0.3) is 11.0 Å². The molecule has 1 atom stereocenters. The van der Waals surface area contributed by atoms with Gasteiger partial charge in [-0.1, -0.05) is 24.3 Å². The first-order valence-electron chi connectivity index (χ1n) is 8.14. The second kappa shape index (κ2) is 7.36. The Labute approximate surface area is 141 Å². The standard InChI is InChI=1S/C19H23N2O3/c1-3-20-14-21(17-9-5-4-8-16(17)20)12-15(22)13-24-19-11-7-6-10-18(19)23-2/h4-11,14-15,22H,3,12-13H2,1-2H3/q+1/t15-/m0/s1. The van der Waals surface area contributed by atoms with Crippen molar-refractivity contribution in [3.63, 3.8) is 0 Å². The van der Waals surface area contributed by atoms with Crippen molar-refractivity contribution < 1.29 is 19.1 Å². The van der Waals surface area contributed by atoms with Gasteiger partial charge in [0.05, 0.1) is 13.7 Å². The maximum atomic E-state index is 10.4. The van der Waals surface area contributed by atoms with Gasteiger partial charge in [0.2, 0.25) is 6.33 Å². The highest BCUT2D eigenvalue weighted by Crippen LogP contribution is 2.25. The molecule has 0 fully saturated rings. The van der Waals surface area contributed by atoms with Gasteiger partial charge in [0.25, 0.3) is 0 Å². The fourth-order valence-corrected chi connectivity index (χ4v) is 2.84. The molecule has 0 radical (unpaired) electrons. The van der Waals surface area contributed by atoms with Gasteiger partial charge in [-0.05, 0) is 31.2 Å². The Morgan fingerprint density at radius 2 is 1.79 bits per heavy atom. The topological polar surface area (TPSA) is 47.5 Å². The number of imidazole rings is 1. The van der Waals surface area contributed by atoms with Gasteiger partial charge in [-0.25, -0.2) is 9.13 Å². The van der Waals surface area contributed by atoms with Crippen molar-refractivity contribution in [2.75, 3.05) is 13.7 Å². The monoisotopic (exact) mass is 327 g/mol. The molecule has 0 bridgehead atoms. The highest BCUT2D eigenvalue weighted by atomic mass is 16.5. The number of hydrogen-bond donors (Lipinski definition) is 1. The highest BCUT2D eigenvalue weighted by molar-refractivity contribution is 5.71. The zero-order valence-electron chi connectivity index (χ0n) is 14.1. The van der Waals surface area contributed by atoms with Crippen LogP contribution < -0.4 is 14.0 Å². The van der Waals surface area contributed by atoms with Crippen LogP contribution in [0.15, 0.2) is 54.9 Å². The van der Waals surface area contributed by atoms with Gasteiger partial charge < -0.3 is 14.6 Å². The number of ether oxygens (including phenoxy) is 2. The number of aliphatic hydroxyl groups excluding tert-OH is 1. The second-order valence-electron chi connectivity index (χ2n) is 5.66. The molecule has 0 aliphatic heterocycles. The summed E-state index contributed by atoms with van der Waals surface area (Å²) in [5.74, 6) is 1.31. The number of para-hydroxylation sites is 4.